The number of hydrogen-bond acceptors (Lipinski definition) is 5. The number of nitrogens with zero attached hydrogens (tertiary/aromatic N) is 1. The molecule has 0 radical (unpaired) electrons. The molecule has 3 aromatic rings. The van der Waals surface area contributed by atoms with Gasteiger partial charge in [0.05, 0.1) is 27.7 Å². The number of nitrogens with one attached hydrogen (secondary N) is 2. The van der Waals surface area contributed by atoms with Crippen LogP contribution in [0.15, 0.2) is 59.0 Å². The second-order valence-corrected chi connectivity index (χ2v) is 6.18. The molecule has 140 valence electrons. The van der Waals surface area contributed by atoms with Gasteiger partial charge in [0, 0.05) is 25.2 Å². The summed E-state index contributed by atoms with van der Waals surface area (Å²) in [6.45, 7) is 1.67. The van der Waals surface area contributed by atoms with Crippen molar-refractivity contribution >= 4 is 23.0 Å². The fourth-order valence-electron chi connectivity index (χ4n) is 2.54. The van der Waals surface area contributed by atoms with Crippen LogP contribution in [0.3, 0.4) is 0 Å². The number of nitro groups is 1. The molecule has 6 nitrogen and oxygen atoms in total. The van der Waals surface area contributed by atoms with Crippen molar-refractivity contribution in [1.29, 1.82) is 0 Å². The summed E-state index contributed by atoms with van der Waals surface area (Å²) in [5, 5.41) is 17.3. The Bertz CT molecular complexity index is 945. The lowest BCUT2D eigenvalue weighted by Gasteiger charge is -2.08. The van der Waals surface area contributed by atoms with Gasteiger partial charge in [-0.1, -0.05) is 23.7 Å². The minimum absolute atomic E-state index is 0.0489. The molecule has 1 heterocycles. The quantitative estimate of drug-likeness (QED) is 0.327. The highest BCUT2D eigenvalue weighted by atomic mass is 35.5. The van der Waals surface area contributed by atoms with Crippen LogP contribution < -0.4 is 10.6 Å². The molecule has 0 saturated carbocycles. The van der Waals surface area contributed by atoms with E-state index in [2.05, 4.69) is 10.6 Å². The molecule has 0 aliphatic heterocycles. The van der Waals surface area contributed by atoms with Crippen LogP contribution in [0.2, 0.25) is 5.02 Å². The van der Waals surface area contributed by atoms with E-state index >= 15 is 0 Å². The van der Waals surface area contributed by atoms with Gasteiger partial charge >= 0.3 is 0 Å². The zero-order chi connectivity index (χ0) is 19.2. The van der Waals surface area contributed by atoms with E-state index in [-0.39, 0.29) is 11.5 Å². The SMILES string of the molecule is O=[N+]([O-])c1ccc(NCCNCc2ccc(-c3ccccc3F)o2)c(Cl)c1. The first-order valence-corrected chi connectivity index (χ1v) is 8.64. The summed E-state index contributed by atoms with van der Waals surface area (Å²) < 4.78 is 19.4. The van der Waals surface area contributed by atoms with Crippen molar-refractivity contribution in [3.8, 4) is 11.3 Å². The molecule has 2 N–H and O–H groups in total. The maximum Gasteiger partial charge on any atom is 0.271 e. The normalized spacial score (nSPS) is 10.7. The average molecular weight is 390 g/mol. The van der Waals surface area contributed by atoms with Gasteiger partial charge in [0.25, 0.3) is 5.69 Å². The molecule has 0 unspecified atom stereocenters. The van der Waals surface area contributed by atoms with Gasteiger partial charge in [-0.2, -0.15) is 0 Å². The van der Waals surface area contributed by atoms with E-state index in [4.69, 9.17) is 16.0 Å². The molecule has 0 spiro atoms. The fraction of sp³-hybridized carbons (Fsp3) is 0.158. The molecule has 27 heavy (non-hydrogen) atoms. The number of nitro benzene ring substituents is 1. The molecule has 0 aliphatic rings. The Morgan fingerprint density at radius 1 is 1.11 bits per heavy atom. The second kappa shape index (κ2) is 8.66. The van der Waals surface area contributed by atoms with Crippen molar-refractivity contribution in [3.63, 3.8) is 0 Å². The summed E-state index contributed by atoms with van der Waals surface area (Å²) in [7, 11) is 0. The summed E-state index contributed by atoms with van der Waals surface area (Å²) >= 11 is 6.02. The Morgan fingerprint density at radius 3 is 2.67 bits per heavy atom. The lowest BCUT2D eigenvalue weighted by Crippen LogP contribution is -2.21. The standard InChI is InChI=1S/C19H17ClFN3O3/c20-16-11-13(24(25)26)5-7-18(16)23-10-9-22-12-14-6-8-19(27-14)15-3-1-2-4-17(15)21/h1-8,11,22-23H,9-10,12H2. The molecule has 1 aromatic heterocycles. The molecule has 0 amide bonds. The van der Waals surface area contributed by atoms with Gasteiger partial charge in [0.2, 0.25) is 0 Å². The fourth-order valence-corrected chi connectivity index (χ4v) is 2.78. The molecule has 0 aliphatic carbocycles. The van der Waals surface area contributed by atoms with Gasteiger partial charge in [-0.05, 0) is 30.3 Å². The Labute approximate surface area is 160 Å². The van der Waals surface area contributed by atoms with Gasteiger partial charge < -0.3 is 15.1 Å². The number of anilines is 1. The molecule has 0 saturated heterocycles. The Balaban J connectivity index is 1.46. The van der Waals surface area contributed by atoms with Crippen molar-refractivity contribution in [2.24, 2.45) is 0 Å². The molecule has 8 heteroatoms. The molecule has 0 atom stereocenters. The largest absolute Gasteiger partial charge is 0.460 e. The first kappa shape index (κ1) is 18.9. The van der Waals surface area contributed by atoms with Crippen molar-refractivity contribution in [2.75, 3.05) is 18.4 Å². The van der Waals surface area contributed by atoms with E-state index in [0.29, 0.717) is 47.4 Å². The third kappa shape index (κ3) is 4.84. The lowest BCUT2D eigenvalue weighted by molar-refractivity contribution is -0.384. The molecule has 0 bridgehead atoms. The molecule has 0 fully saturated rings. The highest BCUT2D eigenvalue weighted by Gasteiger charge is 2.10. The zero-order valence-corrected chi connectivity index (χ0v) is 15.0. The minimum Gasteiger partial charge on any atom is -0.460 e. The molecule has 2 aromatic carbocycles. The van der Waals surface area contributed by atoms with E-state index in [1.54, 1.807) is 36.4 Å². The van der Waals surface area contributed by atoms with Gasteiger partial charge in [-0.15, -0.1) is 0 Å². The predicted molar refractivity (Wildman–Crippen MR) is 102 cm³/mol. The molecular weight excluding hydrogens is 373 g/mol. The predicted octanol–water partition coefficient (Wildman–Crippen LogP) is 4.85. The van der Waals surface area contributed by atoms with Crippen LogP contribution in [0.4, 0.5) is 15.8 Å². The lowest BCUT2D eigenvalue weighted by atomic mass is 10.1. The first-order chi connectivity index (χ1) is 13.0. The van der Waals surface area contributed by atoms with Crippen LogP contribution in [0.25, 0.3) is 11.3 Å². The number of furan rings is 1. The monoisotopic (exact) mass is 389 g/mol. The smallest absolute Gasteiger partial charge is 0.271 e. The van der Waals surface area contributed by atoms with Gasteiger partial charge in [-0.3, -0.25) is 10.1 Å². The summed E-state index contributed by atoms with van der Waals surface area (Å²) in [5.74, 6) is 0.859. The maximum absolute atomic E-state index is 13.8. The van der Waals surface area contributed by atoms with Gasteiger partial charge in [0.1, 0.15) is 17.3 Å². The van der Waals surface area contributed by atoms with E-state index in [1.165, 1.54) is 18.2 Å². The molecular formula is C19H17ClFN3O3. The van der Waals surface area contributed by atoms with Crippen molar-refractivity contribution in [1.82, 2.24) is 5.32 Å². The van der Waals surface area contributed by atoms with Crippen molar-refractivity contribution < 1.29 is 13.7 Å². The highest BCUT2D eigenvalue weighted by molar-refractivity contribution is 6.33. The molecule has 3 rings (SSSR count). The third-order valence-corrected chi connectivity index (χ3v) is 4.19. The van der Waals surface area contributed by atoms with Crippen LogP contribution in [0.1, 0.15) is 5.76 Å². The number of halogens is 2. The summed E-state index contributed by atoms with van der Waals surface area (Å²) in [6.07, 6.45) is 0. The number of non-ortho nitro benzene ring substituents is 1. The second-order valence-electron chi connectivity index (χ2n) is 5.77. The number of benzene rings is 2. The van der Waals surface area contributed by atoms with E-state index in [0.717, 1.165) is 0 Å². The van der Waals surface area contributed by atoms with Crippen LogP contribution in [0.5, 0.6) is 0 Å². The number of rotatable bonds is 8. The summed E-state index contributed by atoms with van der Waals surface area (Å²) in [4.78, 5) is 10.2. The zero-order valence-electron chi connectivity index (χ0n) is 14.2. The van der Waals surface area contributed by atoms with Crippen LogP contribution in [-0.4, -0.2) is 18.0 Å². The first-order valence-electron chi connectivity index (χ1n) is 8.27. The Kier molecular flexibility index (Phi) is 6.05. The minimum atomic E-state index is -0.490. The van der Waals surface area contributed by atoms with Crippen LogP contribution >= 0.6 is 11.6 Å². The van der Waals surface area contributed by atoms with E-state index < -0.39 is 4.92 Å². The summed E-state index contributed by atoms with van der Waals surface area (Å²) in [6, 6.07) is 14.3. The van der Waals surface area contributed by atoms with Gasteiger partial charge in [0.15, 0.2) is 0 Å². The third-order valence-electron chi connectivity index (χ3n) is 3.88. The average Bonchev–Trinajstić information content (AvgIpc) is 3.11. The maximum atomic E-state index is 13.8. The van der Waals surface area contributed by atoms with Gasteiger partial charge in [-0.25, -0.2) is 4.39 Å². The summed E-state index contributed by atoms with van der Waals surface area (Å²) in [5.41, 5.74) is 1.01. The Morgan fingerprint density at radius 2 is 1.93 bits per heavy atom. The Hall–Kier alpha value is -2.90. The van der Waals surface area contributed by atoms with Crippen LogP contribution in [0, 0.1) is 15.9 Å². The highest BCUT2D eigenvalue weighted by Crippen LogP contribution is 2.26. The van der Waals surface area contributed by atoms with Crippen molar-refractivity contribution in [2.45, 2.75) is 6.54 Å². The van der Waals surface area contributed by atoms with Crippen LogP contribution in [-0.2, 0) is 6.54 Å². The topological polar surface area (TPSA) is 80.3 Å². The van der Waals surface area contributed by atoms with E-state index in [9.17, 15) is 14.5 Å². The van der Waals surface area contributed by atoms with E-state index in [1.807, 2.05) is 0 Å². The number of hydrogen-bond donors (Lipinski definition) is 2. The van der Waals surface area contributed by atoms with Crippen molar-refractivity contribution in [3.05, 3.63) is 81.3 Å².